The standard InChI is InChI=1S/C36H49N5O5/c1-25-20-27(21-26(2)34(25)43)22-29(35(44)40-17-15-38(16-18-40)31-7-5-19-46-24-31)23-33(42)39-12-10-30(11-13-39)41-14-9-28-6-3-4-8-32(28)37-36(41)45/h3-4,6,8,20-21,29-31,43H,5,7,9-19,22-24H2,1-2H3,(H,37,45)/t29-,31?/m0/s1. The number of phenolic OH excluding ortho intramolecular Hbond substituents is 1. The molecule has 4 amide bonds. The Morgan fingerprint density at radius 3 is 2.35 bits per heavy atom. The number of phenols is 1. The molecule has 248 valence electrons. The number of piperazine rings is 1. The Bertz CT molecular complexity index is 1390. The summed E-state index contributed by atoms with van der Waals surface area (Å²) in [5.41, 5.74) is 4.53. The van der Waals surface area contributed by atoms with E-state index in [-0.39, 0.29) is 36.1 Å². The number of fused-ring (bicyclic) bond motifs is 1. The number of nitrogens with zero attached hydrogens (tertiary/aromatic N) is 4. The van der Waals surface area contributed by atoms with Crippen LogP contribution in [0.3, 0.4) is 0 Å². The van der Waals surface area contributed by atoms with Crippen molar-refractivity contribution >= 4 is 23.5 Å². The molecular formula is C36H49N5O5. The number of benzene rings is 2. The van der Waals surface area contributed by atoms with E-state index < -0.39 is 5.92 Å². The molecule has 2 aromatic rings. The summed E-state index contributed by atoms with van der Waals surface area (Å²) in [4.78, 5) is 49.1. The van der Waals surface area contributed by atoms with Crippen LogP contribution in [0.2, 0.25) is 0 Å². The maximum atomic E-state index is 14.1. The Balaban J connectivity index is 1.09. The number of hydrogen-bond donors (Lipinski definition) is 2. The van der Waals surface area contributed by atoms with Crippen LogP contribution in [0.5, 0.6) is 5.75 Å². The first-order valence-corrected chi connectivity index (χ1v) is 17.1. The molecule has 3 saturated heterocycles. The minimum atomic E-state index is -0.479. The lowest BCUT2D eigenvalue weighted by molar-refractivity contribution is -0.143. The quantitative estimate of drug-likeness (QED) is 0.480. The maximum Gasteiger partial charge on any atom is 0.322 e. The molecular weight excluding hydrogens is 582 g/mol. The number of urea groups is 1. The molecule has 0 spiro atoms. The van der Waals surface area contributed by atoms with E-state index in [1.807, 2.05) is 58.9 Å². The van der Waals surface area contributed by atoms with E-state index in [1.165, 1.54) is 0 Å². The number of likely N-dealkylation sites (tertiary alicyclic amines) is 1. The molecule has 0 bridgehead atoms. The van der Waals surface area contributed by atoms with Crippen molar-refractivity contribution in [2.75, 3.05) is 64.3 Å². The molecule has 0 saturated carbocycles. The number of aryl methyl sites for hydroxylation is 2. The molecule has 0 radical (unpaired) electrons. The largest absolute Gasteiger partial charge is 0.507 e. The number of nitrogens with one attached hydrogen (secondary N) is 1. The van der Waals surface area contributed by atoms with Gasteiger partial charge in [0, 0.05) is 76.6 Å². The van der Waals surface area contributed by atoms with Gasteiger partial charge in [-0.25, -0.2) is 4.79 Å². The van der Waals surface area contributed by atoms with Gasteiger partial charge in [0.1, 0.15) is 5.75 Å². The Hall–Kier alpha value is -3.63. The van der Waals surface area contributed by atoms with Crippen LogP contribution < -0.4 is 5.32 Å². The molecule has 10 heteroatoms. The average Bonchev–Trinajstić information content (AvgIpc) is 3.25. The number of anilines is 1. The lowest BCUT2D eigenvalue weighted by Gasteiger charge is -2.41. The highest BCUT2D eigenvalue weighted by molar-refractivity contribution is 5.91. The molecule has 3 fully saturated rings. The lowest BCUT2D eigenvalue weighted by atomic mass is 9.91. The lowest BCUT2D eigenvalue weighted by Crippen LogP contribution is -2.55. The number of ether oxygens (including phenoxy) is 1. The van der Waals surface area contributed by atoms with Crippen LogP contribution >= 0.6 is 0 Å². The highest BCUT2D eigenvalue weighted by Crippen LogP contribution is 2.28. The van der Waals surface area contributed by atoms with Crippen molar-refractivity contribution in [2.45, 2.75) is 70.9 Å². The smallest absolute Gasteiger partial charge is 0.322 e. The molecule has 2 aromatic carbocycles. The van der Waals surface area contributed by atoms with Gasteiger partial charge < -0.3 is 29.9 Å². The summed E-state index contributed by atoms with van der Waals surface area (Å²) in [6.45, 7) is 10.1. The zero-order chi connectivity index (χ0) is 32.2. The summed E-state index contributed by atoms with van der Waals surface area (Å²) < 4.78 is 5.70. The second-order valence-corrected chi connectivity index (χ2v) is 13.6. The zero-order valence-corrected chi connectivity index (χ0v) is 27.4. The van der Waals surface area contributed by atoms with E-state index in [1.54, 1.807) is 0 Å². The van der Waals surface area contributed by atoms with Crippen LogP contribution in [0.15, 0.2) is 36.4 Å². The first kappa shape index (κ1) is 32.3. The first-order valence-electron chi connectivity index (χ1n) is 17.1. The fourth-order valence-electron chi connectivity index (χ4n) is 7.78. The Labute approximate surface area is 272 Å². The van der Waals surface area contributed by atoms with Crippen LogP contribution in [0.25, 0.3) is 0 Å². The molecule has 4 aliphatic rings. The van der Waals surface area contributed by atoms with Crippen LogP contribution in [-0.4, -0.2) is 114 Å². The molecule has 2 N–H and O–H groups in total. The third kappa shape index (κ3) is 7.33. The predicted molar refractivity (Wildman–Crippen MR) is 177 cm³/mol. The molecule has 4 aliphatic heterocycles. The van der Waals surface area contributed by atoms with E-state index in [9.17, 15) is 19.5 Å². The van der Waals surface area contributed by atoms with Gasteiger partial charge in [0.15, 0.2) is 0 Å². The molecule has 2 atom stereocenters. The molecule has 0 aliphatic carbocycles. The highest BCUT2D eigenvalue weighted by atomic mass is 16.5. The van der Waals surface area contributed by atoms with Crippen molar-refractivity contribution in [3.63, 3.8) is 0 Å². The number of piperidine rings is 1. The van der Waals surface area contributed by atoms with Crippen molar-refractivity contribution in [2.24, 2.45) is 5.92 Å². The number of carbonyl (C=O) groups excluding carboxylic acids is 3. The third-order valence-electron chi connectivity index (χ3n) is 10.5. The second-order valence-electron chi connectivity index (χ2n) is 13.6. The van der Waals surface area contributed by atoms with Gasteiger partial charge in [0.25, 0.3) is 0 Å². The molecule has 10 nitrogen and oxygen atoms in total. The first-order chi connectivity index (χ1) is 22.3. The Morgan fingerprint density at radius 2 is 1.65 bits per heavy atom. The summed E-state index contributed by atoms with van der Waals surface area (Å²) in [5, 5.41) is 13.4. The number of rotatable bonds is 7. The van der Waals surface area contributed by atoms with Crippen molar-refractivity contribution in [1.82, 2.24) is 19.6 Å². The topological polar surface area (TPSA) is 106 Å². The van der Waals surface area contributed by atoms with Gasteiger partial charge in [-0.2, -0.15) is 0 Å². The Morgan fingerprint density at radius 1 is 0.935 bits per heavy atom. The molecule has 6 rings (SSSR count). The third-order valence-corrected chi connectivity index (χ3v) is 10.5. The van der Waals surface area contributed by atoms with Crippen LogP contribution in [0, 0.1) is 19.8 Å². The summed E-state index contributed by atoms with van der Waals surface area (Å²) >= 11 is 0. The predicted octanol–water partition coefficient (Wildman–Crippen LogP) is 3.96. The fraction of sp³-hybridized carbons (Fsp3) is 0.583. The number of amides is 4. The van der Waals surface area contributed by atoms with Crippen molar-refractivity contribution in [1.29, 1.82) is 0 Å². The van der Waals surface area contributed by atoms with Gasteiger partial charge in [-0.05, 0) is 80.7 Å². The van der Waals surface area contributed by atoms with E-state index in [0.29, 0.717) is 45.2 Å². The van der Waals surface area contributed by atoms with E-state index in [0.717, 1.165) is 86.3 Å². The van der Waals surface area contributed by atoms with Gasteiger partial charge in [-0.15, -0.1) is 0 Å². The van der Waals surface area contributed by atoms with E-state index in [4.69, 9.17) is 4.74 Å². The Kier molecular flexibility index (Phi) is 10.1. The summed E-state index contributed by atoms with van der Waals surface area (Å²) in [7, 11) is 0. The number of aromatic hydroxyl groups is 1. The van der Waals surface area contributed by atoms with Gasteiger partial charge in [0.2, 0.25) is 11.8 Å². The summed E-state index contributed by atoms with van der Waals surface area (Å²) in [6.07, 6.45) is 5.06. The normalized spacial score (nSPS) is 22.2. The zero-order valence-electron chi connectivity index (χ0n) is 27.4. The van der Waals surface area contributed by atoms with Gasteiger partial charge >= 0.3 is 6.03 Å². The molecule has 0 aromatic heterocycles. The SMILES string of the molecule is Cc1cc(C[C@@H](CC(=O)N2CCC(N3CCc4ccccc4NC3=O)CC2)C(=O)N2CCN(C3CCCOC3)CC2)cc(C)c1O. The highest BCUT2D eigenvalue weighted by Gasteiger charge is 2.35. The molecule has 1 unspecified atom stereocenters. The van der Waals surface area contributed by atoms with Crippen LogP contribution in [-0.2, 0) is 27.2 Å². The second kappa shape index (κ2) is 14.4. The number of hydrogen-bond acceptors (Lipinski definition) is 6. The minimum absolute atomic E-state index is 0.00487. The van der Waals surface area contributed by atoms with Crippen LogP contribution in [0.4, 0.5) is 10.5 Å². The van der Waals surface area contributed by atoms with Crippen molar-refractivity contribution < 1.29 is 24.2 Å². The minimum Gasteiger partial charge on any atom is -0.507 e. The number of para-hydroxylation sites is 1. The van der Waals surface area contributed by atoms with E-state index in [2.05, 4.69) is 16.3 Å². The van der Waals surface area contributed by atoms with Gasteiger partial charge in [-0.1, -0.05) is 30.3 Å². The molecule has 4 heterocycles. The van der Waals surface area contributed by atoms with E-state index >= 15 is 0 Å². The summed E-state index contributed by atoms with van der Waals surface area (Å²) in [6, 6.07) is 12.2. The van der Waals surface area contributed by atoms with Crippen LogP contribution in [0.1, 0.15) is 54.4 Å². The van der Waals surface area contributed by atoms with Crippen molar-refractivity contribution in [3.8, 4) is 5.75 Å². The monoisotopic (exact) mass is 631 g/mol. The van der Waals surface area contributed by atoms with Gasteiger partial charge in [0.05, 0.1) is 12.5 Å². The average molecular weight is 632 g/mol. The van der Waals surface area contributed by atoms with Gasteiger partial charge in [-0.3, -0.25) is 14.5 Å². The maximum absolute atomic E-state index is 14.1. The summed E-state index contributed by atoms with van der Waals surface area (Å²) in [5.74, 6) is -0.176. The van der Waals surface area contributed by atoms with Crippen molar-refractivity contribution in [3.05, 3.63) is 58.7 Å². The number of carbonyl (C=O) groups is 3. The fourth-order valence-corrected chi connectivity index (χ4v) is 7.78. The molecule has 46 heavy (non-hydrogen) atoms.